The molecule has 142 valence electrons. The minimum absolute atomic E-state index is 0.395. The third-order valence-corrected chi connectivity index (χ3v) is 4.73. The van der Waals surface area contributed by atoms with E-state index in [0.29, 0.717) is 16.7 Å². The van der Waals surface area contributed by atoms with Crippen LogP contribution in [0.4, 0.5) is 0 Å². The number of hydrogen-bond donors (Lipinski definition) is 2. The molecule has 0 aliphatic carbocycles. The van der Waals surface area contributed by atoms with E-state index >= 15 is 0 Å². The van der Waals surface area contributed by atoms with Crippen LogP contribution in [-0.2, 0) is 11.8 Å². The molecule has 0 saturated heterocycles. The highest BCUT2D eigenvalue weighted by Gasteiger charge is 2.22. The summed E-state index contributed by atoms with van der Waals surface area (Å²) in [6.45, 7) is 1.56. The lowest BCUT2D eigenvalue weighted by Crippen LogP contribution is -2.45. The van der Waals surface area contributed by atoms with E-state index in [-0.39, 0.29) is 0 Å². The van der Waals surface area contributed by atoms with E-state index in [9.17, 15) is 14.4 Å². The number of benzene rings is 2. The van der Waals surface area contributed by atoms with E-state index < -0.39 is 23.6 Å². The maximum absolute atomic E-state index is 12.5. The predicted octanol–water partition coefficient (Wildman–Crippen LogP) is 2.11. The van der Waals surface area contributed by atoms with Gasteiger partial charge in [-0.05, 0) is 25.1 Å². The summed E-state index contributed by atoms with van der Waals surface area (Å²) in [5, 5.41) is 0.779. The molecule has 2 heterocycles. The second-order valence-corrected chi connectivity index (χ2v) is 6.50. The third-order valence-electron chi connectivity index (χ3n) is 4.73. The van der Waals surface area contributed by atoms with Crippen molar-refractivity contribution in [2.24, 2.45) is 7.05 Å². The molecule has 8 nitrogen and oxygen atoms in total. The van der Waals surface area contributed by atoms with Gasteiger partial charge in [0.2, 0.25) is 0 Å². The lowest BCUT2D eigenvalue weighted by molar-refractivity contribution is -0.124. The quantitative estimate of drug-likeness (QED) is 0.534. The van der Waals surface area contributed by atoms with Crippen molar-refractivity contribution >= 4 is 33.8 Å². The van der Waals surface area contributed by atoms with Crippen molar-refractivity contribution in [2.45, 2.75) is 13.0 Å². The molecular formula is C20H18N4O4. The second-order valence-electron chi connectivity index (χ2n) is 6.50. The number of fused-ring (bicyclic) bond motifs is 2. The van der Waals surface area contributed by atoms with Gasteiger partial charge >= 0.3 is 5.76 Å². The minimum atomic E-state index is -0.871. The van der Waals surface area contributed by atoms with Crippen molar-refractivity contribution in [1.29, 1.82) is 0 Å². The van der Waals surface area contributed by atoms with Crippen LogP contribution in [0.15, 0.2) is 63.9 Å². The molecule has 0 bridgehead atoms. The number of hydrazine groups is 1. The number of aromatic nitrogens is 2. The number of carbonyl (C=O) groups is 2. The van der Waals surface area contributed by atoms with Crippen molar-refractivity contribution in [2.75, 3.05) is 0 Å². The Bertz CT molecular complexity index is 1260. The van der Waals surface area contributed by atoms with Crippen LogP contribution in [0.5, 0.6) is 0 Å². The normalized spacial score (nSPS) is 12.2. The first-order valence-electron chi connectivity index (χ1n) is 8.71. The van der Waals surface area contributed by atoms with E-state index in [0.717, 1.165) is 10.9 Å². The molecule has 0 fully saturated rings. The Balaban J connectivity index is 1.53. The van der Waals surface area contributed by atoms with Gasteiger partial charge in [0.25, 0.3) is 11.8 Å². The number of carbonyl (C=O) groups excluding carboxylic acids is 2. The first-order chi connectivity index (χ1) is 13.5. The Labute approximate surface area is 159 Å². The summed E-state index contributed by atoms with van der Waals surface area (Å²) < 4.78 is 8.24. The summed E-state index contributed by atoms with van der Waals surface area (Å²) >= 11 is 0. The fourth-order valence-corrected chi connectivity index (χ4v) is 3.28. The van der Waals surface area contributed by atoms with Gasteiger partial charge < -0.3 is 8.98 Å². The van der Waals surface area contributed by atoms with Gasteiger partial charge in [0.15, 0.2) is 5.58 Å². The van der Waals surface area contributed by atoms with Crippen LogP contribution in [0.2, 0.25) is 0 Å². The van der Waals surface area contributed by atoms with Gasteiger partial charge in [0.1, 0.15) is 6.04 Å². The van der Waals surface area contributed by atoms with Crippen LogP contribution in [0.25, 0.3) is 22.0 Å². The largest absolute Gasteiger partial charge is 0.420 e. The summed E-state index contributed by atoms with van der Waals surface area (Å²) in [5.41, 5.74) is 7.06. The van der Waals surface area contributed by atoms with Crippen LogP contribution in [0, 0.1) is 0 Å². The van der Waals surface area contributed by atoms with E-state index in [1.54, 1.807) is 37.4 Å². The van der Waals surface area contributed by atoms with Gasteiger partial charge in [-0.1, -0.05) is 30.3 Å². The van der Waals surface area contributed by atoms with Gasteiger partial charge in [-0.3, -0.25) is 25.0 Å². The summed E-state index contributed by atoms with van der Waals surface area (Å²) in [6, 6.07) is 13.4. The average molecular weight is 378 g/mol. The number of amides is 2. The van der Waals surface area contributed by atoms with Gasteiger partial charge in [-0.15, -0.1) is 0 Å². The molecule has 2 amide bonds. The lowest BCUT2D eigenvalue weighted by Gasteiger charge is -2.13. The number of rotatable bonds is 3. The van der Waals surface area contributed by atoms with Crippen molar-refractivity contribution in [3.63, 3.8) is 0 Å². The standard InChI is InChI=1S/C20H18N4O4/c1-12(24-16-9-5-6-10-17(16)28-20(24)27)18(25)21-22-19(26)14-11-23(2)15-8-4-3-7-13(14)15/h3-12H,1-2H3,(H,21,25)(H,22,26). The van der Waals surface area contributed by atoms with Crippen LogP contribution in [-0.4, -0.2) is 20.9 Å². The summed E-state index contributed by atoms with van der Waals surface area (Å²) in [7, 11) is 1.84. The fraction of sp³-hybridized carbons (Fsp3) is 0.150. The number of para-hydroxylation sites is 3. The number of nitrogens with one attached hydrogen (secondary N) is 2. The van der Waals surface area contributed by atoms with Crippen molar-refractivity contribution < 1.29 is 14.0 Å². The van der Waals surface area contributed by atoms with Gasteiger partial charge in [-0.25, -0.2) is 4.79 Å². The van der Waals surface area contributed by atoms with Crippen molar-refractivity contribution in [3.8, 4) is 0 Å². The zero-order valence-electron chi connectivity index (χ0n) is 15.3. The highest BCUT2D eigenvalue weighted by molar-refractivity contribution is 6.07. The first kappa shape index (κ1) is 17.6. The third kappa shape index (κ3) is 2.84. The predicted molar refractivity (Wildman–Crippen MR) is 104 cm³/mol. The monoisotopic (exact) mass is 378 g/mol. The number of nitrogens with zero attached hydrogens (tertiary/aromatic N) is 2. The van der Waals surface area contributed by atoms with Crippen LogP contribution in [0.3, 0.4) is 0 Å². The Morgan fingerprint density at radius 3 is 2.46 bits per heavy atom. The lowest BCUT2D eigenvalue weighted by atomic mass is 10.2. The number of hydrogen-bond acceptors (Lipinski definition) is 4. The molecule has 28 heavy (non-hydrogen) atoms. The average Bonchev–Trinajstić information content (AvgIpc) is 3.22. The number of aryl methyl sites for hydroxylation is 1. The van der Waals surface area contributed by atoms with Crippen molar-refractivity contribution in [1.82, 2.24) is 20.0 Å². The highest BCUT2D eigenvalue weighted by Crippen LogP contribution is 2.20. The highest BCUT2D eigenvalue weighted by atomic mass is 16.4. The second kappa shape index (κ2) is 6.73. The molecule has 0 aliphatic rings. The van der Waals surface area contributed by atoms with E-state index in [1.807, 2.05) is 35.9 Å². The first-order valence-corrected chi connectivity index (χ1v) is 8.71. The Morgan fingerprint density at radius 1 is 1.00 bits per heavy atom. The van der Waals surface area contributed by atoms with Gasteiger partial charge in [0.05, 0.1) is 11.1 Å². The summed E-state index contributed by atoms with van der Waals surface area (Å²) in [5.74, 6) is -1.62. The van der Waals surface area contributed by atoms with E-state index in [2.05, 4.69) is 10.9 Å². The van der Waals surface area contributed by atoms with Crippen LogP contribution < -0.4 is 16.6 Å². The summed E-state index contributed by atoms with van der Waals surface area (Å²) in [6.07, 6.45) is 1.70. The Hall–Kier alpha value is -3.81. The molecule has 0 aliphatic heterocycles. The molecule has 2 aromatic heterocycles. The molecule has 0 spiro atoms. The van der Waals surface area contributed by atoms with Crippen LogP contribution >= 0.6 is 0 Å². The maximum Gasteiger partial charge on any atom is 0.420 e. The van der Waals surface area contributed by atoms with Crippen LogP contribution in [0.1, 0.15) is 23.3 Å². The molecule has 0 saturated carbocycles. The molecule has 0 radical (unpaired) electrons. The molecule has 8 heteroatoms. The molecular weight excluding hydrogens is 360 g/mol. The number of oxazole rings is 1. The molecule has 2 N–H and O–H groups in total. The van der Waals surface area contributed by atoms with Crippen molar-refractivity contribution in [3.05, 3.63) is 70.8 Å². The van der Waals surface area contributed by atoms with Gasteiger partial charge in [-0.2, -0.15) is 0 Å². The topological polar surface area (TPSA) is 98.3 Å². The molecule has 4 aromatic rings. The van der Waals surface area contributed by atoms with E-state index in [1.165, 1.54) is 4.57 Å². The smallest absolute Gasteiger partial charge is 0.408 e. The zero-order valence-corrected chi connectivity index (χ0v) is 15.3. The van der Waals surface area contributed by atoms with E-state index in [4.69, 9.17) is 4.42 Å². The molecule has 2 aromatic carbocycles. The Kier molecular flexibility index (Phi) is 4.23. The fourth-order valence-electron chi connectivity index (χ4n) is 3.28. The molecule has 1 atom stereocenters. The zero-order chi connectivity index (χ0) is 19.8. The minimum Gasteiger partial charge on any atom is -0.408 e. The Morgan fingerprint density at radius 2 is 1.68 bits per heavy atom. The molecule has 1 unspecified atom stereocenters. The van der Waals surface area contributed by atoms with Gasteiger partial charge in [0, 0.05) is 24.1 Å². The summed E-state index contributed by atoms with van der Waals surface area (Å²) in [4.78, 5) is 37.2. The maximum atomic E-state index is 12.5. The molecule has 4 rings (SSSR count). The SMILES string of the molecule is CC(C(=O)NNC(=O)c1cn(C)c2ccccc12)n1c(=O)oc2ccccc21.